The molecule has 0 fully saturated rings. The minimum absolute atomic E-state index is 0.00166. The Morgan fingerprint density at radius 3 is 2.52 bits per heavy atom. The molecule has 8 heteroatoms. The molecule has 0 saturated heterocycles. The number of nitrogens with zero attached hydrogens (tertiary/aromatic N) is 2. The van der Waals surface area contributed by atoms with Gasteiger partial charge in [-0.2, -0.15) is 5.10 Å². The molecule has 1 aliphatic rings. The molecule has 0 saturated carbocycles. The molecule has 1 aliphatic carbocycles. The van der Waals surface area contributed by atoms with Crippen molar-refractivity contribution in [3.05, 3.63) is 32.5 Å². The lowest BCUT2D eigenvalue weighted by Crippen LogP contribution is -2.24. The van der Waals surface area contributed by atoms with E-state index in [2.05, 4.69) is 29.4 Å². The van der Waals surface area contributed by atoms with Crippen LogP contribution in [0.3, 0.4) is 0 Å². The minimum atomic E-state index is -1.54. The number of allylic oxidation sites excluding steroid dienone is 2. The Morgan fingerprint density at radius 2 is 1.96 bits per heavy atom. The van der Waals surface area contributed by atoms with Crippen molar-refractivity contribution in [1.29, 1.82) is 0 Å². The van der Waals surface area contributed by atoms with Gasteiger partial charge in [0.2, 0.25) is 0 Å². The number of anilines is 1. The Hall–Kier alpha value is -1.30. The van der Waals surface area contributed by atoms with Crippen molar-refractivity contribution < 1.29 is 9.90 Å². The normalized spacial score (nSPS) is 18.7. The fourth-order valence-corrected chi connectivity index (χ4v) is 3.30. The van der Waals surface area contributed by atoms with E-state index in [0.717, 1.165) is 18.6 Å². The van der Waals surface area contributed by atoms with Gasteiger partial charge >= 0.3 is 0 Å². The van der Waals surface area contributed by atoms with E-state index >= 15 is 0 Å². The molecule has 0 aromatic carbocycles. The Morgan fingerprint density at radius 1 is 1.30 bits per heavy atom. The zero-order valence-electron chi connectivity index (χ0n) is 12.8. The topological polar surface area (TPSA) is 77.4 Å². The molecule has 0 aliphatic heterocycles. The number of aromatic nitrogens is 1. The summed E-state index contributed by atoms with van der Waals surface area (Å²) in [7, 11) is 0. The van der Waals surface area contributed by atoms with Crippen LogP contribution in [0.4, 0.5) is 5.69 Å². The van der Waals surface area contributed by atoms with Crippen LogP contribution >= 0.6 is 34.8 Å². The van der Waals surface area contributed by atoms with E-state index < -0.39 is 11.7 Å². The second kappa shape index (κ2) is 6.67. The summed E-state index contributed by atoms with van der Waals surface area (Å²) in [4.78, 5) is 14.6. The van der Waals surface area contributed by atoms with Crippen molar-refractivity contribution >= 4 is 52.2 Å². The average molecular weight is 376 g/mol. The monoisotopic (exact) mass is 374 g/mol. The van der Waals surface area contributed by atoms with Gasteiger partial charge in [0.1, 0.15) is 10.7 Å². The van der Waals surface area contributed by atoms with Gasteiger partial charge in [0.25, 0.3) is 0 Å². The van der Waals surface area contributed by atoms with Crippen molar-refractivity contribution in [2.75, 3.05) is 5.43 Å². The average Bonchev–Trinajstić information content (AvgIpc) is 2.40. The number of aromatic carboxylic acids is 1. The van der Waals surface area contributed by atoms with Crippen LogP contribution in [0.5, 0.6) is 0 Å². The van der Waals surface area contributed by atoms with Crippen molar-refractivity contribution in [2.45, 2.75) is 33.6 Å². The number of hydrogen-bond acceptors (Lipinski definition) is 5. The molecule has 0 amide bonds. The largest absolute Gasteiger partial charge is 0.543 e. The van der Waals surface area contributed by atoms with E-state index in [0.29, 0.717) is 0 Å². The molecule has 0 spiro atoms. The zero-order chi connectivity index (χ0) is 17.4. The van der Waals surface area contributed by atoms with Crippen molar-refractivity contribution in [1.82, 2.24) is 4.98 Å². The molecule has 1 heterocycles. The van der Waals surface area contributed by atoms with E-state index in [1.807, 2.05) is 13.0 Å². The maximum absolute atomic E-state index is 11.0. The Bertz CT molecular complexity index is 727. The van der Waals surface area contributed by atoms with Gasteiger partial charge in [-0.1, -0.05) is 54.2 Å². The van der Waals surface area contributed by atoms with Crippen LogP contribution in [0.15, 0.2) is 16.8 Å². The van der Waals surface area contributed by atoms with E-state index in [1.165, 1.54) is 5.57 Å². The first-order valence-electron chi connectivity index (χ1n) is 6.86. The maximum Gasteiger partial charge on any atom is 0.150 e. The first kappa shape index (κ1) is 18.0. The van der Waals surface area contributed by atoms with Crippen molar-refractivity contribution in [3.8, 4) is 0 Å². The Kier molecular flexibility index (Phi) is 5.23. The van der Waals surface area contributed by atoms with E-state index in [9.17, 15) is 9.90 Å². The number of halogens is 3. The summed E-state index contributed by atoms with van der Waals surface area (Å²) < 4.78 is 0. The van der Waals surface area contributed by atoms with Gasteiger partial charge in [-0.05, 0) is 31.3 Å². The van der Waals surface area contributed by atoms with Crippen LogP contribution in [0.2, 0.25) is 15.2 Å². The summed E-state index contributed by atoms with van der Waals surface area (Å²) in [5.41, 5.74) is 4.44. The van der Waals surface area contributed by atoms with Gasteiger partial charge in [0.05, 0.1) is 22.4 Å². The third-order valence-electron chi connectivity index (χ3n) is 3.37. The summed E-state index contributed by atoms with van der Waals surface area (Å²) in [5.74, 6) is -1.54. The second-order valence-electron chi connectivity index (χ2n) is 6.27. The van der Waals surface area contributed by atoms with Crippen molar-refractivity contribution in [2.24, 2.45) is 10.5 Å². The van der Waals surface area contributed by atoms with E-state index in [4.69, 9.17) is 34.8 Å². The molecule has 0 atom stereocenters. The lowest BCUT2D eigenvalue weighted by Gasteiger charge is -2.29. The van der Waals surface area contributed by atoms with Gasteiger partial charge in [0.15, 0.2) is 5.15 Å². The van der Waals surface area contributed by atoms with Crippen molar-refractivity contribution in [3.63, 3.8) is 0 Å². The number of hydrogen-bond donors (Lipinski definition) is 1. The number of hydrazone groups is 1. The molecular formula is C15H15Cl3N3O2-. The first-order valence-corrected chi connectivity index (χ1v) is 8.00. The van der Waals surface area contributed by atoms with Gasteiger partial charge in [-0.15, -0.1) is 0 Å². The summed E-state index contributed by atoms with van der Waals surface area (Å²) in [5, 5.41) is 14.9. The summed E-state index contributed by atoms with van der Waals surface area (Å²) in [6.07, 6.45) is 3.73. The third kappa shape index (κ3) is 4.16. The van der Waals surface area contributed by atoms with E-state index in [-0.39, 0.29) is 26.3 Å². The number of carboxylic acid groups (broad SMARTS) is 1. The highest BCUT2D eigenvalue weighted by Crippen LogP contribution is 2.37. The number of nitrogens with one attached hydrogen (secondary N) is 1. The van der Waals surface area contributed by atoms with Crippen LogP contribution in [-0.4, -0.2) is 16.7 Å². The molecule has 2 rings (SSSR count). The molecule has 0 radical (unpaired) electrons. The van der Waals surface area contributed by atoms with Gasteiger partial charge in [-0.3, -0.25) is 5.43 Å². The maximum atomic E-state index is 11.0. The number of rotatable bonds is 3. The lowest BCUT2D eigenvalue weighted by molar-refractivity contribution is -0.255. The SMILES string of the molecule is CC1=C/C(=N/Nc2c(Cl)c(Cl)nc(C(=O)[O-])c2Cl)CC(C)(C)C1. The van der Waals surface area contributed by atoms with Crippen LogP contribution < -0.4 is 10.5 Å². The molecule has 0 bridgehead atoms. The molecule has 1 N–H and O–H groups in total. The molecule has 23 heavy (non-hydrogen) atoms. The summed E-state index contributed by atoms with van der Waals surface area (Å²) in [6, 6.07) is 0. The fraction of sp³-hybridized carbons (Fsp3) is 0.400. The molecule has 1 aromatic rings. The molecular weight excluding hydrogens is 361 g/mol. The number of carbonyl (C=O) groups excluding carboxylic acids is 1. The van der Waals surface area contributed by atoms with Gasteiger partial charge in [-0.25, -0.2) is 4.98 Å². The highest BCUT2D eigenvalue weighted by molar-refractivity contribution is 6.46. The quantitative estimate of drug-likeness (QED) is 0.641. The predicted octanol–water partition coefficient (Wildman–Crippen LogP) is 3.94. The second-order valence-corrected chi connectivity index (χ2v) is 7.38. The highest BCUT2D eigenvalue weighted by atomic mass is 35.5. The number of carbonyl (C=O) groups is 1. The smallest absolute Gasteiger partial charge is 0.150 e. The van der Waals surface area contributed by atoms with Gasteiger partial charge in [0, 0.05) is 0 Å². The highest BCUT2D eigenvalue weighted by Gasteiger charge is 2.25. The Labute approximate surface area is 149 Å². The first-order chi connectivity index (χ1) is 10.6. The van der Waals surface area contributed by atoms with Gasteiger partial charge < -0.3 is 9.90 Å². The van der Waals surface area contributed by atoms with Crippen LogP contribution in [0, 0.1) is 5.41 Å². The molecule has 0 unspecified atom stereocenters. The molecule has 5 nitrogen and oxygen atoms in total. The standard InChI is InChI=1S/C15H16Cl3N3O2/c1-7-4-8(6-15(2,3)5-7)20-21-11-9(16)12(14(22)23)19-13(18)10(11)17/h4H,5-6H2,1-3H3,(H,19,21)(H,22,23)/p-1/b20-8-. The summed E-state index contributed by atoms with van der Waals surface area (Å²) in [6.45, 7) is 6.33. The molecule has 124 valence electrons. The number of pyridine rings is 1. The fourth-order valence-electron chi connectivity index (χ4n) is 2.64. The Balaban J connectivity index is 2.39. The lowest BCUT2D eigenvalue weighted by atomic mass is 9.77. The van der Waals surface area contributed by atoms with Crippen LogP contribution in [0.25, 0.3) is 0 Å². The molecule has 1 aromatic heterocycles. The van der Waals surface area contributed by atoms with E-state index in [1.54, 1.807) is 0 Å². The zero-order valence-corrected chi connectivity index (χ0v) is 15.1. The summed E-state index contributed by atoms with van der Waals surface area (Å²) >= 11 is 17.9. The minimum Gasteiger partial charge on any atom is -0.543 e. The third-order valence-corrected chi connectivity index (χ3v) is 4.48. The van der Waals surface area contributed by atoms with Crippen LogP contribution in [-0.2, 0) is 0 Å². The number of carboxylic acids is 1. The van der Waals surface area contributed by atoms with Crippen LogP contribution in [0.1, 0.15) is 44.1 Å². The predicted molar refractivity (Wildman–Crippen MR) is 91.4 cm³/mol.